The van der Waals surface area contributed by atoms with Gasteiger partial charge in [0, 0.05) is 12.3 Å². The second kappa shape index (κ2) is 11.5. The molecule has 1 aliphatic heterocycles. The van der Waals surface area contributed by atoms with Crippen molar-refractivity contribution in [3.05, 3.63) is 59.7 Å². The molecule has 2 atom stereocenters. The maximum atomic E-state index is 13.1. The van der Waals surface area contributed by atoms with Gasteiger partial charge >= 0.3 is 12.1 Å². The summed E-state index contributed by atoms with van der Waals surface area (Å²) in [6, 6.07) is 15.5. The zero-order valence-corrected chi connectivity index (χ0v) is 20.9. The number of nitrogens with zero attached hydrogens (tertiary/aromatic N) is 1. The molecule has 2 fully saturated rings. The van der Waals surface area contributed by atoms with E-state index in [2.05, 4.69) is 24.3 Å². The van der Waals surface area contributed by atoms with Gasteiger partial charge in [0.05, 0.1) is 18.8 Å². The van der Waals surface area contributed by atoms with Gasteiger partial charge in [-0.15, -0.1) is 0 Å². The molecule has 5 rings (SSSR count). The molecule has 2 aromatic carbocycles. The lowest BCUT2D eigenvalue weighted by Gasteiger charge is -2.24. The molecular weight excluding hydrogens is 454 g/mol. The van der Waals surface area contributed by atoms with Crippen molar-refractivity contribution in [2.75, 3.05) is 13.2 Å². The molecule has 0 aromatic heterocycles. The van der Waals surface area contributed by atoms with Crippen molar-refractivity contribution in [3.63, 3.8) is 0 Å². The van der Waals surface area contributed by atoms with E-state index >= 15 is 0 Å². The summed E-state index contributed by atoms with van der Waals surface area (Å²) in [5.41, 5.74) is 4.61. The first kappa shape index (κ1) is 24.8. The number of likely N-dealkylation sites (tertiary alicyclic amines) is 1. The highest BCUT2D eigenvalue weighted by Gasteiger charge is 2.42. The van der Waals surface area contributed by atoms with Crippen LogP contribution in [0.25, 0.3) is 11.1 Å². The number of amides is 1. The van der Waals surface area contributed by atoms with Gasteiger partial charge in [-0.2, -0.15) is 0 Å². The van der Waals surface area contributed by atoms with Gasteiger partial charge in [0.15, 0.2) is 0 Å². The van der Waals surface area contributed by atoms with Crippen LogP contribution in [0, 0.1) is 0 Å². The number of aliphatic carboxylic acids is 1. The van der Waals surface area contributed by atoms with Crippen molar-refractivity contribution in [1.29, 1.82) is 0 Å². The fourth-order valence-electron chi connectivity index (χ4n) is 6.19. The maximum Gasteiger partial charge on any atom is 0.410 e. The predicted molar refractivity (Wildman–Crippen MR) is 138 cm³/mol. The van der Waals surface area contributed by atoms with E-state index in [9.17, 15) is 14.7 Å². The van der Waals surface area contributed by atoms with Crippen molar-refractivity contribution in [2.24, 2.45) is 0 Å². The van der Waals surface area contributed by atoms with E-state index in [0.29, 0.717) is 6.42 Å². The lowest BCUT2D eigenvalue weighted by Crippen LogP contribution is -2.41. The third-order valence-corrected chi connectivity index (χ3v) is 8.06. The minimum absolute atomic E-state index is 0.0535. The lowest BCUT2D eigenvalue weighted by atomic mass is 9.98. The highest BCUT2D eigenvalue weighted by Crippen LogP contribution is 2.44. The van der Waals surface area contributed by atoms with E-state index in [1.807, 2.05) is 24.3 Å². The van der Waals surface area contributed by atoms with E-state index in [1.165, 1.54) is 37.0 Å². The van der Waals surface area contributed by atoms with Gasteiger partial charge in [-0.1, -0.05) is 93.5 Å². The Labute approximate surface area is 213 Å². The number of rotatable bonds is 5. The lowest BCUT2D eigenvalue weighted by molar-refractivity contribution is -0.141. The van der Waals surface area contributed by atoms with E-state index in [4.69, 9.17) is 9.47 Å². The average Bonchev–Trinajstić information content (AvgIpc) is 3.46. The Morgan fingerprint density at radius 3 is 1.94 bits per heavy atom. The quantitative estimate of drug-likeness (QED) is 0.526. The molecule has 0 bridgehead atoms. The molecular formula is C30H37NO5. The molecule has 36 heavy (non-hydrogen) atoms. The minimum atomic E-state index is -0.999. The first-order chi connectivity index (χ1) is 17.6. The number of carboxylic acids is 1. The standard InChI is InChI=1S/C30H37NO5/c32-29(33)28-18-22(36-21-12-6-4-2-1-3-5-7-13-21)19-31(28)30(34)35-20-27-25-16-10-8-14-23(25)24-15-9-11-17-26(24)27/h8-11,14-17,21-22,27-28H,1-7,12-13,18-20H2,(H,32,33)/t22-,28+/m1/s1. The second-order valence-corrected chi connectivity index (χ2v) is 10.5. The van der Waals surface area contributed by atoms with E-state index in [1.54, 1.807) is 0 Å². The number of carbonyl (C=O) groups excluding carboxylic acids is 1. The Kier molecular flexibility index (Phi) is 7.90. The smallest absolute Gasteiger partial charge is 0.410 e. The highest BCUT2D eigenvalue weighted by atomic mass is 16.6. The Hall–Kier alpha value is -2.86. The molecule has 6 heteroatoms. The number of hydrogen-bond acceptors (Lipinski definition) is 4. The van der Waals surface area contributed by atoms with Gasteiger partial charge in [0.2, 0.25) is 0 Å². The molecule has 0 unspecified atom stereocenters. The molecule has 1 saturated heterocycles. The van der Waals surface area contributed by atoms with Crippen molar-refractivity contribution in [1.82, 2.24) is 4.90 Å². The van der Waals surface area contributed by atoms with E-state index in [0.717, 1.165) is 47.9 Å². The molecule has 6 nitrogen and oxygen atoms in total. The number of ether oxygens (including phenoxy) is 2. The zero-order valence-electron chi connectivity index (χ0n) is 20.9. The van der Waals surface area contributed by atoms with Crippen molar-refractivity contribution in [2.45, 2.75) is 88.4 Å². The monoisotopic (exact) mass is 491 g/mol. The fraction of sp³-hybridized carbons (Fsp3) is 0.533. The van der Waals surface area contributed by atoms with Gasteiger partial charge in [0.1, 0.15) is 12.6 Å². The van der Waals surface area contributed by atoms with Crippen LogP contribution in [0.1, 0.15) is 81.3 Å². The molecule has 1 saturated carbocycles. The SMILES string of the molecule is O=C(O)[C@@H]1C[C@@H](OC2CCCCCCCCC2)CN1C(=O)OCC1c2ccccc2-c2ccccc21. The average molecular weight is 492 g/mol. The van der Waals surface area contributed by atoms with Crippen molar-refractivity contribution in [3.8, 4) is 11.1 Å². The van der Waals surface area contributed by atoms with Crippen LogP contribution in [0.4, 0.5) is 4.79 Å². The predicted octanol–water partition coefficient (Wildman–Crippen LogP) is 6.37. The van der Waals surface area contributed by atoms with Crippen LogP contribution in [-0.4, -0.2) is 53.5 Å². The summed E-state index contributed by atoms with van der Waals surface area (Å²) in [4.78, 5) is 26.5. The molecule has 1 amide bonds. The van der Waals surface area contributed by atoms with Crippen LogP contribution in [0.5, 0.6) is 0 Å². The Morgan fingerprint density at radius 1 is 0.806 bits per heavy atom. The summed E-state index contributed by atoms with van der Waals surface area (Å²) in [6.45, 7) is 0.452. The summed E-state index contributed by atoms with van der Waals surface area (Å²) in [5, 5.41) is 9.84. The summed E-state index contributed by atoms with van der Waals surface area (Å²) in [7, 11) is 0. The van der Waals surface area contributed by atoms with Crippen molar-refractivity contribution < 1.29 is 24.2 Å². The Balaban J connectivity index is 1.22. The molecule has 1 N–H and O–H groups in total. The second-order valence-electron chi connectivity index (χ2n) is 10.5. The van der Waals surface area contributed by atoms with E-state index in [-0.39, 0.29) is 31.3 Å². The fourth-order valence-corrected chi connectivity index (χ4v) is 6.19. The van der Waals surface area contributed by atoms with Crippen LogP contribution >= 0.6 is 0 Å². The summed E-state index contributed by atoms with van der Waals surface area (Å²) >= 11 is 0. The molecule has 192 valence electrons. The van der Waals surface area contributed by atoms with E-state index < -0.39 is 18.1 Å². The number of fused-ring (bicyclic) bond motifs is 3. The summed E-state index contributed by atoms with van der Waals surface area (Å²) < 4.78 is 12.2. The number of carbonyl (C=O) groups is 2. The van der Waals surface area contributed by atoms with Crippen LogP contribution < -0.4 is 0 Å². The Morgan fingerprint density at radius 2 is 1.36 bits per heavy atom. The van der Waals surface area contributed by atoms with Crippen LogP contribution in [0.3, 0.4) is 0 Å². The first-order valence-electron chi connectivity index (χ1n) is 13.6. The molecule has 2 aliphatic carbocycles. The highest BCUT2D eigenvalue weighted by molar-refractivity contribution is 5.81. The first-order valence-corrected chi connectivity index (χ1v) is 13.6. The number of hydrogen-bond donors (Lipinski definition) is 1. The third kappa shape index (κ3) is 5.44. The minimum Gasteiger partial charge on any atom is -0.480 e. The topological polar surface area (TPSA) is 76.1 Å². The van der Waals surface area contributed by atoms with Gasteiger partial charge in [-0.05, 0) is 35.1 Å². The number of benzene rings is 2. The normalized spacial score (nSPS) is 23.2. The molecule has 1 heterocycles. The third-order valence-electron chi connectivity index (χ3n) is 8.06. The summed E-state index contributed by atoms with van der Waals surface area (Å²) in [6.07, 6.45) is 10.3. The van der Waals surface area contributed by atoms with Gasteiger partial charge < -0.3 is 14.6 Å². The molecule has 3 aliphatic rings. The zero-order chi connectivity index (χ0) is 24.9. The molecule has 2 aromatic rings. The summed E-state index contributed by atoms with van der Waals surface area (Å²) in [5.74, 6) is -1.05. The van der Waals surface area contributed by atoms with Crippen LogP contribution in [0.15, 0.2) is 48.5 Å². The molecule has 0 radical (unpaired) electrons. The van der Waals surface area contributed by atoms with Crippen molar-refractivity contribution >= 4 is 12.1 Å². The number of carboxylic acid groups (broad SMARTS) is 1. The largest absolute Gasteiger partial charge is 0.480 e. The van der Waals surface area contributed by atoms with Crippen LogP contribution in [0.2, 0.25) is 0 Å². The van der Waals surface area contributed by atoms with Crippen LogP contribution in [-0.2, 0) is 14.3 Å². The van der Waals surface area contributed by atoms with Gasteiger partial charge in [-0.3, -0.25) is 4.90 Å². The Bertz CT molecular complexity index is 1010. The van der Waals surface area contributed by atoms with Gasteiger partial charge in [-0.25, -0.2) is 9.59 Å². The maximum absolute atomic E-state index is 13.1. The molecule has 0 spiro atoms. The van der Waals surface area contributed by atoms with Gasteiger partial charge in [0.25, 0.3) is 0 Å².